The quantitative estimate of drug-likeness (QED) is 0.817. The zero-order chi connectivity index (χ0) is 14.7. The minimum atomic E-state index is -0.0612. The average molecular weight is 276 g/mol. The minimum Gasteiger partial charge on any atom is -0.497 e. The summed E-state index contributed by atoms with van der Waals surface area (Å²) >= 11 is 0. The molecule has 0 spiro atoms. The molecule has 0 radical (unpaired) electrons. The average Bonchev–Trinajstić information content (AvgIpc) is 2.81. The SMILES string of the molecule is CNC(=O)c1cc2cc(OC)ccc2n1CC[NH+](C)C. The van der Waals surface area contributed by atoms with Crippen molar-refractivity contribution < 1.29 is 14.4 Å². The molecule has 0 fully saturated rings. The summed E-state index contributed by atoms with van der Waals surface area (Å²) in [5, 5.41) is 3.73. The van der Waals surface area contributed by atoms with Crippen LogP contribution in [0, 0.1) is 0 Å². The smallest absolute Gasteiger partial charge is 0.267 e. The number of benzene rings is 1. The predicted octanol–water partition coefficient (Wildman–Crippen LogP) is 0.154. The van der Waals surface area contributed by atoms with Gasteiger partial charge in [-0.1, -0.05) is 0 Å². The van der Waals surface area contributed by atoms with E-state index in [0.717, 1.165) is 29.7 Å². The van der Waals surface area contributed by atoms with E-state index in [4.69, 9.17) is 4.74 Å². The summed E-state index contributed by atoms with van der Waals surface area (Å²) in [5.74, 6) is 0.741. The molecule has 108 valence electrons. The van der Waals surface area contributed by atoms with Crippen molar-refractivity contribution in [1.82, 2.24) is 9.88 Å². The van der Waals surface area contributed by atoms with Gasteiger partial charge in [-0.05, 0) is 24.3 Å². The van der Waals surface area contributed by atoms with Crippen LogP contribution in [-0.2, 0) is 6.54 Å². The molecule has 0 bridgehead atoms. The van der Waals surface area contributed by atoms with Crippen molar-refractivity contribution in [2.75, 3.05) is 34.8 Å². The largest absolute Gasteiger partial charge is 0.497 e. The van der Waals surface area contributed by atoms with Crippen molar-refractivity contribution in [2.24, 2.45) is 0 Å². The number of carbonyl (C=O) groups is 1. The van der Waals surface area contributed by atoms with Crippen LogP contribution in [0.4, 0.5) is 0 Å². The highest BCUT2D eigenvalue weighted by molar-refractivity contribution is 5.98. The molecule has 2 N–H and O–H groups in total. The fraction of sp³-hybridized carbons (Fsp3) is 0.400. The number of methoxy groups -OCH3 is 1. The maximum atomic E-state index is 12.0. The van der Waals surface area contributed by atoms with Gasteiger partial charge in [0.1, 0.15) is 11.4 Å². The molecule has 0 aliphatic heterocycles. The summed E-state index contributed by atoms with van der Waals surface area (Å²) in [5.41, 5.74) is 1.75. The van der Waals surface area contributed by atoms with E-state index >= 15 is 0 Å². The van der Waals surface area contributed by atoms with E-state index in [1.165, 1.54) is 4.90 Å². The lowest BCUT2D eigenvalue weighted by Crippen LogP contribution is -3.06. The Labute approximate surface area is 119 Å². The number of aromatic nitrogens is 1. The number of hydrogen-bond donors (Lipinski definition) is 2. The van der Waals surface area contributed by atoms with Crippen molar-refractivity contribution in [2.45, 2.75) is 6.54 Å². The van der Waals surface area contributed by atoms with Crippen molar-refractivity contribution in [3.63, 3.8) is 0 Å². The standard InChI is InChI=1S/C15H21N3O2/c1-16-15(19)14-10-11-9-12(20-4)5-6-13(11)18(14)8-7-17(2)3/h5-6,9-10H,7-8H2,1-4H3,(H,16,19)/p+1. The normalized spacial score (nSPS) is 11.1. The van der Waals surface area contributed by atoms with E-state index in [-0.39, 0.29) is 5.91 Å². The van der Waals surface area contributed by atoms with E-state index in [2.05, 4.69) is 24.0 Å². The summed E-state index contributed by atoms with van der Waals surface area (Å²) in [6, 6.07) is 7.81. The highest BCUT2D eigenvalue weighted by atomic mass is 16.5. The lowest BCUT2D eigenvalue weighted by molar-refractivity contribution is -0.858. The van der Waals surface area contributed by atoms with Crippen LogP contribution >= 0.6 is 0 Å². The molecular formula is C15H22N3O2+. The minimum absolute atomic E-state index is 0.0612. The van der Waals surface area contributed by atoms with Crippen molar-refractivity contribution in [3.8, 4) is 5.75 Å². The van der Waals surface area contributed by atoms with Gasteiger partial charge in [0.05, 0.1) is 34.3 Å². The number of nitrogens with zero attached hydrogens (tertiary/aromatic N) is 1. The van der Waals surface area contributed by atoms with Gasteiger partial charge in [0.15, 0.2) is 0 Å². The zero-order valence-corrected chi connectivity index (χ0v) is 12.5. The van der Waals surface area contributed by atoms with Gasteiger partial charge in [0, 0.05) is 18.0 Å². The monoisotopic (exact) mass is 276 g/mol. The highest BCUT2D eigenvalue weighted by Gasteiger charge is 2.15. The molecule has 5 nitrogen and oxygen atoms in total. The molecule has 1 aromatic heterocycles. The van der Waals surface area contributed by atoms with Crippen LogP contribution in [-0.4, -0.2) is 45.3 Å². The second kappa shape index (κ2) is 5.96. The van der Waals surface area contributed by atoms with Gasteiger partial charge in [-0.25, -0.2) is 0 Å². The van der Waals surface area contributed by atoms with Gasteiger partial charge < -0.3 is 19.5 Å². The molecule has 0 saturated carbocycles. The van der Waals surface area contributed by atoms with Crippen LogP contribution in [0.3, 0.4) is 0 Å². The van der Waals surface area contributed by atoms with E-state index in [1.807, 2.05) is 24.3 Å². The number of hydrogen-bond acceptors (Lipinski definition) is 2. The number of carbonyl (C=O) groups excluding carboxylic acids is 1. The van der Waals surface area contributed by atoms with E-state index < -0.39 is 0 Å². The molecule has 20 heavy (non-hydrogen) atoms. The summed E-state index contributed by atoms with van der Waals surface area (Å²) < 4.78 is 7.31. The molecular weight excluding hydrogens is 254 g/mol. The number of ether oxygens (including phenoxy) is 1. The van der Waals surface area contributed by atoms with Gasteiger partial charge in [-0.3, -0.25) is 4.79 Å². The van der Waals surface area contributed by atoms with Gasteiger partial charge in [0.2, 0.25) is 0 Å². The topological polar surface area (TPSA) is 47.7 Å². The van der Waals surface area contributed by atoms with Crippen LogP contribution in [0.15, 0.2) is 24.3 Å². The summed E-state index contributed by atoms with van der Waals surface area (Å²) in [4.78, 5) is 13.4. The van der Waals surface area contributed by atoms with E-state index in [0.29, 0.717) is 5.69 Å². The predicted molar refractivity (Wildman–Crippen MR) is 79.6 cm³/mol. The Hall–Kier alpha value is -2.01. The van der Waals surface area contributed by atoms with Crippen LogP contribution in [0.1, 0.15) is 10.5 Å². The van der Waals surface area contributed by atoms with Crippen LogP contribution in [0.25, 0.3) is 10.9 Å². The van der Waals surface area contributed by atoms with Crippen LogP contribution in [0.5, 0.6) is 5.75 Å². The number of fused-ring (bicyclic) bond motifs is 1. The molecule has 0 atom stereocenters. The van der Waals surface area contributed by atoms with Gasteiger partial charge in [-0.15, -0.1) is 0 Å². The molecule has 1 heterocycles. The van der Waals surface area contributed by atoms with E-state index in [1.54, 1.807) is 14.2 Å². The molecule has 2 aromatic rings. The molecule has 0 saturated heterocycles. The lowest BCUT2D eigenvalue weighted by Gasteiger charge is -2.12. The fourth-order valence-corrected chi connectivity index (χ4v) is 2.27. The Morgan fingerprint density at radius 1 is 1.35 bits per heavy atom. The highest BCUT2D eigenvalue weighted by Crippen LogP contribution is 2.24. The van der Waals surface area contributed by atoms with Gasteiger partial charge >= 0.3 is 0 Å². The molecule has 0 unspecified atom stereocenters. The third-order valence-electron chi connectivity index (χ3n) is 3.40. The molecule has 2 rings (SSSR count). The second-order valence-corrected chi connectivity index (χ2v) is 5.14. The summed E-state index contributed by atoms with van der Waals surface area (Å²) in [6.07, 6.45) is 0. The number of quaternary nitrogens is 1. The fourth-order valence-electron chi connectivity index (χ4n) is 2.27. The van der Waals surface area contributed by atoms with Crippen molar-refractivity contribution in [1.29, 1.82) is 0 Å². The Kier molecular flexibility index (Phi) is 4.29. The Bertz CT molecular complexity index is 617. The van der Waals surface area contributed by atoms with Crippen LogP contribution in [0.2, 0.25) is 0 Å². The van der Waals surface area contributed by atoms with Crippen LogP contribution < -0.4 is 15.0 Å². The number of likely N-dealkylation sites (N-methyl/N-ethyl adjacent to an activating group) is 1. The molecule has 1 amide bonds. The molecule has 5 heteroatoms. The number of rotatable bonds is 5. The summed E-state index contributed by atoms with van der Waals surface area (Å²) in [6.45, 7) is 1.76. The first-order chi connectivity index (χ1) is 9.56. The molecule has 0 aliphatic rings. The first-order valence-electron chi connectivity index (χ1n) is 6.75. The molecule has 1 aromatic carbocycles. The van der Waals surface area contributed by atoms with Crippen molar-refractivity contribution in [3.05, 3.63) is 30.0 Å². The summed E-state index contributed by atoms with van der Waals surface area (Å²) in [7, 11) is 7.51. The maximum absolute atomic E-state index is 12.0. The lowest BCUT2D eigenvalue weighted by atomic mass is 10.2. The second-order valence-electron chi connectivity index (χ2n) is 5.14. The zero-order valence-electron chi connectivity index (χ0n) is 12.5. The van der Waals surface area contributed by atoms with Gasteiger partial charge in [-0.2, -0.15) is 0 Å². The first-order valence-corrected chi connectivity index (χ1v) is 6.75. The number of nitrogens with one attached hydrogen (secondary N) is 2. The number of amides is 1. The Morgan fingerprint density at radius 3 is 2.70 bits per heavy atom. The third-order valence-corrected chi connectivity index (χ3v) is 3.40. The Balaban J connectivity index is 2.51. The maximum Gasteiger partial charge on any atom is 0.267 e. The Morgan fingerprint density at radius 2 is 2.10 bits per heavy atom. The first kappa shape index (κ1) is 14.4. The van der Waals surface area contributed by atoms with Crippen molar-refractivity contribution >= 4 is 16.8 Å². The third kappa shape index (κ3) is 2.77. The van der Waals surface area contributed by atoms with Gasteiger partial charge in [0.25, 0.3) is 5.91 Å². The molecule has 0 aliphatic carbocycles. The van der Waals surface area contributed by atoms with E-state index in [9.17, 15) is 4.79 Å².